The van der Waals surface area contributed by atoms with Gasteiger partial charge in [-0.25, -0.2) is 0 Å². The summed E-state index contributed by atoms with van der Waals surface area (Å²) >= 11 is 0. The van der Waals surface area contributed by atoms with E-state index >= 15 is 0 Å². The topological polar surface area (TPSA) is 0 Å². The van der Waals surface area contributed by atoms with E-state index in [9.17, 15) is 0 Å². The van der Waals surface area contributed by atoms with Crippen LogP contribution in [0.5, 0.6) is 0 Å². The lowest BCUT2D eigenvalue weighted by Crippen LogP contribution is -1.90. The van der Waals surface area contributed by atoms with Crippen LogP contribution >= 0.6 is 0 Å². The van der Waals surface area contributed by atoms with Crippen molar-refractivity contribution < 1.29 is 0 Å². The quantitative estimate of drug-likeness (QED) is 0.467. The van der Waals surface area contributed by atoms with E-state index in [-0.39, 0.29) is 8.41 Å². The molecule has 0 nitrogen and oxygen atoms in total. The van der Waals surface area contributed by atoms with Gasteiger partial charge in [-0.1, -0.05) is 121 Å². The molecule has 0 bridgehead atoms. The Morgan fingerprint density at radius 1 is 0.440 bits per heavy atom. The van der Waals surface area contributed by atoms with Crippen molar-refractivity contribution in [3.63, 3.8) is 0 Å². The fourth-order valence-corrected chi connectivity index (χ4v) is 1.27. The van der Waals surface area contributed by atoms with Gasteiger partial charge in [0.2, 0.25) is 0 Å². The first kappa shape index (κ1) is 35.4. The Balaban J connectivity index is -0.0000000864. The maximum Gasteiger partial charge on any atom is 0 e. The summed E-state index contributed by atoms with van der Waals surface area (Å²) < 4.78 is 0. The fraction of sp³-hybridized carbons (Fsp3) is 0.750. The first-order valence-corrected chi connectivity index (χ1v) is 10.2. The summed E-state index contributed by atoms with van der Waals surface area (Å²) in [5.74, 6) is 2.96. The largest absolute Gasteiger partial charge is 0.0683 e. The van der Waals surface area contributed by atoms with Gasteiger partial charge in [0.15, 0.2) is 0 Å². The van der Waals surface area contributed by atoms with Crippen LogP contribution in [0.15, 0.2) is 24.3 Å². The molecule has 0 aromatic heterocycles. The van der Waals surface area contributed by atoms with Crippen LogP contribution in [0.3, 0.4) is 0 Å². The zero-order valence-corrected chi connectivity index (χ0v) is 20.2. The van der Waals surface area contributed by atoms with Crippen LogP contribution in [0.2, 0.25) is 0 Å². The minimum absolute atomic E-state index is 0. The molecular formula is C24H50B. The molecule has 0 saturated carbocycles. The number of hydrogen-bond donors (Lipinski definition) is 0. The van der Waals surface area contributed by atoms with Gasteiger partial charge in [-0.15, -0.1) is 0 Å². The van der Waals surface area contributed by atoms with E-state index in [1.54, 1.807) is 0 Å². The SMILES string of the molecule is CC.CC.CC(C)C.CC(C)C.CC(C)c1ccc(C(C)C)cc1.[B]. The number of hydrogen-bond acceptors (Lipinski definition) is 0. The predicted molar refractivity (Wildman–Crippen MR) is 124 cm³/mol. The van der Waals surface area contributed by atoms with Crippen LogP contribution in [-0.2, 0) is 0 Å². The standard InChI is InChI=1S/C12H18.2C4H10.2C2H6.B/c1-9(2)11-5-7-12(8-6-11)10(3)4;2*1-4(2)3;2*1-2;/h5-10H,1-4H3;2*4H,1-3H3;2*1-2H3;. The second-order valence-electron chi connectivity index (χ2n) is 7.44. The minimum Gasteiger partial charge on any atom is -0.0683 e. The molecule has 3 radical (unpaired) electrons. The van der Waals surface area contributed by atoms with Crippen molar-refractivity contribution in [2.75, 3.05) is 0 Å². The minimum atomic E-state index is 0. The third-order valence-electron chi connectivity index (χ3n) is 2.27. The molecule has 0 fully saturated rings. The fourth-order valence-electron chi connectivity index (χ4n) is 1.27. The zero-order chi connectivity index (χ0) is 20.3. The van der Waals surface area contributed by atoms with Gasteiger partial charge in [-0.2, -0.15) is 0 Å². The van der Waals surface area contributed by atoms with Gasteiger partial charge in [0.25, 0.3) is 0 Å². The van der Waals surface area contributed by atoms with Crippen LogP contribution in [0, 0.1) is 11.8 Å². The van der Waals surface area contributed by atoms with Crippen molar-refractivity contribution in [2.45, 2.75) is 109 Å². The maximum atomic E-state index is 2.24. The first-order valence-electron chi connectivity index (χ1n) is 10.2. The molecule has 0 amide bonds. The van der Waals surface area contributed by atoms with Crippen LogP contribution in [0.1, 0.15) is 120 Å². The number of rotatable bonds is 2. The second-order valence-corrected chi connectivity index (χ2v) is 7.44. The van der Waals surface area contributed by atoms with E-state index in [2.05, 4.69) is 93.5 Å². The Kier molecular flexibility index (Phi) is 36.1. The summed E-state index contributed by atoms with van der Waals surface area (Å²) in [4.78, 5) is 0. The summed E-state index contributed by atoms with van der Waals surface area (Å²) in [7, 11) is 0. The normalized spacial score (nSPS) is 8.72. The van der Waals surface area contributed by atoms with Crippen molar-refractivity contribution in [1.82, 2.24) is 0 Å². The Hall–Kier alpha value is -0.715. The molecule has 0 N–H and O–H groups in total. The molecule has 0 spiro atoms. The summed E-state index contributed by atoms with van der Waals surface area (Å²) in [5, 5.41) is 0. The summed E-state index contributed by atoms with van der Waals surface area (Å²) in [6, 6.07) is 8.94. The number of benzene rings is 1. The molecule has 0 aliphatic rings. The molecule has 0 aliphatic heterocycles. The van der Waals surface area contributed by atoms with Crippen LogP contribution in [0.25, 0.3) is 0 Å². The third kappa shape index (κ3) is 35.3. The Morgan fingerprint density at radius 2 is 0.560 bits per heavy atom. The monoisotopic (exact) mass is 349 g/mol. The van der Waals surface area contributed by atoms with Crippen LogP contribution in [0.4, 0.5) is 0 Å². The molecular weight excluding hydrogens is 299 g/mol. The molecule has 1 aromatic carbocycles. The van der Waals surface area contributed by atoms with Gasteiger partial charge in [0.1, 0.15) is 0 Å². The predicted octanol–water partition coefficient (Wildman–Crippen LogP) is 8.93. The lowest BCUT2D eigenvalue weighted by Gasteiger charge is -2.08. The summed E-state index contributed by atoms with van der Waals surface area (Å²) in [6.45, 7) is 29.9. The van der Waals surface area contributed by atoms with E-state index in [0.29, 0.717) is 11.8 Å². The zero-order valence-electron chi connectivity index (χ0n) is 20.2. The third-order valence-corrected chi connectivity index (χ3v) is 2.27. The second kappa shape index (κ2) is 25.5. The highest BCUT2D eigenvalue weighted by atomic mass is 14.1. The van der Waals surface area contributed by atoms with E-state index in [1.165, 1.54) is 11.1 Å². The lowest BCUT2D eigenvalue weighted by molar-refractivity contribution is 0.736. The Morgan fingerprint density at radius 3 is 0.640 bits per heavy atom. The molecule has 0 unspecified atom stereocenters. The average molecular weight is 349 g/mol. The highest BCUT2D eigenvalue weighted by Crippen LogP contribution is 2.18. The molecule has 0 saturated heterocycles. The molecule has 25 heavy (non-hydrogen) atoms. The van der Waals surface area contributed by atoms with Crippen molar-refractivity contribution in [1.29, 1.82) is 0 Å². The van der Waals surface area contributed by atoms with Crippen molar-refractivity contribution in [3.8, 4) is 0 Å². The molecule has 1 heteroatoms. The van der Waals surface area contributed by atoms with Crippen LogP contribution in [-0.4, -0.2) is 8.41 Å². The van der Waals surface area contributed by atoms with E-state index < -0.39 is 0 Å². The summed E-state index contributed by atoms with van der Waals surface area (Å²) in [5.41, 5.74) is 2.86. The maximum absolute atomic E-state index is 2.24. The van der Waals surface area contributed by atoms with Gasteiger partial charge in [-0.3, -0.25) is 0 Å². The smallest absolute Gasteiger partial charge is 0 e. The molecule has 0 atom stereocenters. The van der Waals surface area contributed by atoms with Gasteiger partial charge in [-0.05, 0) is 34.8 Å². The average Bonchev–Trinajstić information content (AvgIpc) is 2.50. The summed E-state index contributed by atoms with van der Waals surface area (Å²) in [6.07, 6.45) is 0. The van der Waals surface area contributed by atoms with Crippen molar-refractivity contribution >= 4 is 8.41 Å². The van der Waals surface area contributed by atoms with E-state index in [1.807, 2.05) is 27.7 Å². The van der Waals surface area contributed by atoms with Gasteiger partial charge in [0.05, 0.1) is 0 Å². The molecule has 149 valence electrons. The lowest BCUT2D eigenvalue weighted by atomic mass is 9.97. The Labute approximate surface area is 164 Å². The van der Waals surface area contributed by atoms with E-state index in [4.69, 9.17) is 0 Å². The highest BCUT2D eigenvalue weighted by Gasteiger charge is 2.00. The van der Waals surface area contributed by atoms with Gasteiger partial charge in [0, 0.05) is 8.41 Å². The molecule has 1 aromatic rings. The first-order chi connectivity index (χ1) is 11.1. The molecule has 0 aliphatic carbocycles. The molecule has 1 rings (SSSR count). The van der Waals surface area contributed by atoms with E-state index in [0.717, 1.165) is 11.8 Å². The van der Waals surface area contributed by atoms with Gasteiger partial charge < -0.3 is 0 Å². The highest BCUT2D eigenvalue weighted by molar-refractivity contribution is 5.75. The molecule has 0 heterocycles. The van der Waals surface area contributed by atoms with Crippen molar-refractivity contribution in [3.05, 3.63) is 35.4 Å². The Bertz CT molecular complexity index is 269. The van der Waals surface area contributed by atoms with Crippen molar-refractivity contribution in [2.24, 2.45) is 11.8 Å². The van der Waals surface area contributed by atoms with Gasteiger partial charge >= 0.3 is 0 Å². The van der Waals surface area contributed by atoms with Crippen LogP contribution < -0.4 is 0 Å².